The second kappa shape index (κ2) is 7.09. The van der Waals surface area contributed by atoms with Gasteiger partial charge in [0, 0.05) is 18.9 Å². The van der Waals surface area contributed by atoms with Gasteiger partial charge in [-0.2, -0.15) is 0 Å². The molecular weight excluding hydrogens is 252 g/mol. The number of rotatable bonds is 5. The van der Waals surface area contributed by atoms with Gasteiger partial charge in [-0.05, 0) is 18.4 Å². The van der Waals surface area contributed by atoms with Gasteiger partial charge in [-0.15, -0.1) is 5.73 Å². The summed E-state index contributed by atoms with van der Waals surface area (Å²) in [5.74, 6) is -0.237. The van der Waals surface area contributed by atoms with E-state index in [1.807, 2.05) is 18.2 Å². The normalized spacial score (nSPS) is 21.6. The third-order valence-corrected chi connectivity index (χ3v) is 3.44. The molecule has 0 aromatic heterocycles. The summed E-state index contributed by atoms with van der Waals surface area (Å²) < 4.78 is 11.0. The molecule has 0 unspecified atom stereocenters. The van der Waals surface area contributed by atoms with Gasteiger partial charge in [0.2, 0.25) is 0 Å². The Hall–Kier alpha value is -1.83. The van der Waals surface area contributed by atoms with Gasteiger partial charge in [-0.1, -0.05) is 36.9 Å². The van der Waals surface area contributed by atoms with Crippen LogP contribution in [0, 0.1) is 0 Å². The lowest BCUT2D eigenvalue weighted by molar-refractivity contribution is -0.141. The highest BCUT2D eigenvalue weighted by Crippen LogP contribution is 2.37. The van der Waals surface area contributed by atoms with Crippen molar-refractivity contribution in [2.75, 3.05) is 6.61 Å². The first-order valence-corrected chi connectivity index (χ1v) is 6.93. The molecule has 0 radical (unpaired) electrons. The van der Waals surface area contributed by atoms with Crippen LogP contribution in [0.2, 0.25) is 0 Å². The molecule has 2 atom stereocenters. The zero-order chi connectivity index (χ0) is 14.4. The molecule has 0 aliphatic carbocycles. The second-order valence-corrected chi connectivity index (χ2v) is 4.91. The van der Waals surface area contributed by atoms with E-state index in [-0.39, 0.29) is 18.2 Å². The molecule has 2 rings (SSSR count). The molecule has 106 valence electrons. The van der Waals surface area contributed by atoms with Gasteiger partial charge in [-0.25, -0.2) is 0 Å². The number of hydrogen-bond acceptors (Lipinski definition) is 3. The quantitative estimate of drug-likeness (QED) is 0.467. The van der Waals surface area contributed by atoms with E-state index < -0.39 is 0 Å². The fourth-order valence-corrected chi connectivity index (χ4v) is 2.44. The van der Waals surface area contributed by atoms with E-state index in [2.05, 4.69) is 24.4 Å². The van der Waals surface area contributed by atoms with Crippen molar-refractivity contribution < 1.29 is 14.3 Å². The summed E-state index contributed by atoms with van der Waals surface area (Å²) in [6.07, 6.45) is 2.57. The van der Waals surface area contributed by atoms with E-state index >= 15 is 0 Å². The van der Waals surface area contributed by atoms with Crippen molar-refractivity contribution in [3.63, 3.8) is 0 Å². The summed E-state index contributed by atoms with van der Waals surface area (Å²) >= 11 is 0. The van der Waals surface area contributed by atoms with Crippen molar-refractivity contribution in [2.24, 2.45) is 0 Å². The van der Waals surface area contributed by atoms with E-state index in [1.165, 1.54) is 12.5 Å². The lowest BCUT2D eigenvalue weighted by Crippen LogP contribution is -2.10. The summed E-state index contributed by atoms with van der Waals surface area (Å²) in [7, 11) is 0. The topological polar surface area (TPSA) is 35.5 Å². The van der Waals surface area contributed by atoms with Crippen LogP contribution in [0.5, 0.6) is 0 Å². The van der Waals surface area contributed by atoms with Crippen LogP contribution in [0.15, 0.2) is 48.2 Å². The van der Waals surface area contributed by atoms with Crippen molar-refractivity contribution in [3.05, 3.63) is 53.8 Å². The molecule has 3 heteroatoms. The predicted octanol–water partition coefficient (Wildman–Crippen LogP) is 3.57. The molecular formula is C17H20O3. The highest BCUT2D eigenvalue weighted by molar-refractivity contribution is 5.65. The van der Waals surface area contributed by atoms with E-state index in [0.717, 1.165) is 24.8 Å². The van der Waals surface area contributed by atoms with Crippen molar-refractivity contribution in [1.29, 1.82) is 0 Å². The lowest BCUT2D eigenvalue weighted by atomic mass is 10.0. The molecule has 3 nitrogen and oxygen atoms in total. The highest BCUT2D eigenvalue weighted by Gasteiger charge is 2.30. The average Bonchev–Trinajstić information content (AvgIpc) is 2.87. The Bertz CT molecular complexity index is 500. The summed E-state index contributed by atoms with van der Waals surface area (Å²) in [4.78, 5) is 10.7. The zero-order valence-corrected chi connectivity index (χ0v) is 11.8. The first-order valence-electron chi connectivity index (χ1n) is 6.93. The van der Waals surface area contributed by atoms with Crippen LogP contribution < -0.4 is 0 Å². The van der Waals surface area contributed by atoms with Crippen molar-refractivity contribution in [2.45, 2.75) is 38.4 Å². The minimum Gasteiger partial charge on any atom is -0.466 e. The largest absolute Gasteiger partial charge is 0.466 e. The summed E-state index contributed by atoms with van der Waals surface area (Å²) in [6.45, 7) is 5.61. The van der Waals surface area contributed by atoms with E-state index in [4.69, 9.17) is 9.47 Å². The Morgan fingerprint density at radius 3 is 2.85 bits per heavy atom. The SMILES string of the molecule is C=C=C1C[C@@H](c2ccccc2)O[C@H]1CCCOC(C)=O. The molecule has 1 saturated heterocycles. The van der Waals surface area contributed by atoms with Crippen molar-refractivity contribution in [3.8, 4) is 0 Å². The van der Waals surface area contributed by atoms with Crippen LogP contribution in [0.1, 0.15) is 37.9 Å². The minimum atomic E-state index is -0.237. The Labute approximate surface area is 119 Å². The number of ether oxygens (including phenoxy) is 2. The van der Waals surface area contributed by atoms with Gasteiger partial charge < -0.3 is 9.47 Å². The molecule has 0 N–H and O–H groups in total. The van der Waals surface area contributed by atoms with Crippen LogP contribution in [-0.2, 0) is 14.3 Å². The Morgan fingerprint density at radius 2 is 2.20 bits per heavy atom. The fraction of sp³-hybridized carbons (Fsp3) is 0.412. The molecule has 0 saturated carbocycles. The molecule has 1 heterocycles. The third-order valence-electron chi connectivity index (χ3n) is 3.44. The molecule has 0 bridgehead atoms. The van der Waals surface area contributed by atoms with Crippen LogP contribution >= 0.6 is 0 Å². The molecule has 1 aliphatic rings. The fourth-order valence-electron chi connectivity index (χ4n) is 2.44. The first-order chi connectivity index (χ1) is 9.70. The van der Waals surface area contributed by atoms with Crippen LogP contribution in [-0.4, -0.2) is 18.7 Å². The van der Waals surface area contributed by atoms with Gasteiger partial charge in [0.25, 0.3) is 0 Å². The summed E-state index contributed by atoms with van der Waals surface area (Å²) in [5, 5.41) is 0. The molecule has 1 aromatic carbocycles. The van der Waals surface area contributed by atoms with Gasteiger partial charge in [0.05, 0.1) is 18.8 Å². The monoisotopic (exact) mass is 272 g/mol. The molecule has 1 fully saturated rings. The van der Waals surface area contributed by atoms with Gasteiger partial charge in [0.1, 0.15) is 0 Å². The number of carbonyl (C=O) groups excluding carboxylic acids is 1. The minimum absolute atomic E-state index is 0.0354. The molecule has 0 amide bonds. The molecule has 20 heavy (non-hydrogen) atoms. The smallest absolute Gasteiger partial charge is 0.302 e. The maximum Gasteiger partial charge on any atom is 0.302 e. The Balaban J connectivity index is 1.90. The standard InChI is InChI=1S/C17H20O3/c1-3-14-12-17(15-8-5-4-6-9-15)20-16(14)10-7-11-19-13(2)18/h4-6,8-9,16-17H,1,7,10-12H2,2H3/t16-,17-/m0/s1. The number of benzene rings is 1. The predicted molar refractivity (Wildman–Crippen MR) is 77.2 cm³/mol. The molecule has 1 aliphatic heterocycles. The Kier molecular flexibility index (Phi) is 5.16. The van der Waals surface area contributed by atoms with Crippen molar-refractivity contribution >= 4 is 5.97 Å². The van der Waals surface area contributed by atoms with Gasteiger partial charge in [0.15, 0.2) is 0 Å². The van der Waals surface area contributed by atoms with Gasteiger partial charge >= 0.3 is 5.97 Å². The van der Waals surface area contributed by atoms with Crippen molar-refractivity contribution in [1.82, 2.24) is 0 Å². The maximum atomic E-state index is 10.7. The number of carbonyl (C=O) groups is 1. The highest BCUT2D eigenvalue weighted by atomic mass is 16.5. The first kappa shape index (κ1) is 14.6. The van der Waals surface area contributed by atoms with E-state index in [0.29, 0.717) is 6.61 Å². The van der Waals surface area contributed by atoms with Crippen LogP contribution in [0.4, 0.5) is 0 Å². The van der Waals surface area contributed by atoms with Crippen LogP contribution in [0.25, 0.3) is 0 Å². The average molecular weight is 272 g/mol. The second-order valence-electron chi connectivity index (χ2n) is 4.91. The number of esters is 1. The van der Waals surface area contributed by atoms with E-state index in [9.17, 15) is 4.79 Å². The van der Waals surface area contributed by atoms with Crippen LogP contribution in [0.3, 0.4) is 0 Å². The molecule has 1 aromatic rings. The lowest BCUT2D eigenvalue weighted by Gasteiger charge is -2.13. The molecule has 0 spiro atoms. The Morgan fingerprint density at radius 1 is 1.45 bits per heavy atom. The van der Waals surface area contributed by atoms with Gasteiger partial charge in [-0.3, -0.25) is 4.79 Å². The van der Waals surface area contributed by atoms with E-state index in [1.54, 1.807) is 0 Å². The zero-order valence-electron chi connectivity index (χ0n) is 11.8. The maximum absolute atomic E-state index is 10.7. The third kappa shape index (κ3) is 3.83. The summed E-state index contributed by atoms with van der Waals surface area (Å²) in [5.41, 5.74) is 5.29. The number of hydrogen-bond donors (Lipinski definition) is 0. The summed E-state index contributed by atoms with van der Waals surface area (Å²) in [6, 6.07) is 10.2.